The molecule has 1 rings (SSSR count). The molecule has 1 heterocycles. The van der Waals surface area contributed by atoms with E-state index in [2.05, 4.69) is 57.8 Å². The number of anilines is 1. The van der Waals surface area contributed by atoms with E-state index in [1.54, 1.807) is 0 Å². The zero-order valence-corrected chi connectivity index (χ0v) is 14.8. The van der Waals surface area contributed by atoms with Crippen molar-refractivity contribution < 1.29 is 0 Å². The van der Waals surface area contributed by atoms with Crippen molar-refractivity contribution in [2.24, 2.45) is 0 Å². The fraction of sp³-hybridized carbons (Fsp3) is 0.722. The molecule has 0 bridgehead atoms. The molecule has 0 amide bonds. The summed E-state index contributed by atoms with van der Waals surface area (Å²) in [5.41, 5.74) is 3.82. The fourth-order valence-corrected chi connectivity index (χ4v) is 2.69. The SMILES string of the molecule is CCCCCN(c1nc(C)cc(C)c1CNCC)C(C)C. The lowest BCUT2D eigenvalue weighted by atomic mass is 10.1. The van der Waals surface area contributed by atoms with E-state index in [0.29, 0.717) is 6.04 Å². The van der Waals surface area contributed by atoms with E-state index in [-0.39, 0.29) is 0 Å². The Labute approximate surface area is 131 Å². The molecule has 0 aliphatic heterocycles. The van der Waals surface area contributed by atoms with Gasteiger partial charge in [-0.05, 0) is 52.3 Å². The van der Waals surface area contributed by atoms with Crippen LogP contribution in [0.2, 0.25) is 0 Å². The van der Waals surface area contributed by atoms with E-state index in [4.69, 9.17) is 4.98 Å². The average Bonchev–Trinajstić information content (AvgIpc) is 2.41. The standard InChI is InChI=1S/C18H33N3/c1-7-9-10-11-21(14(3)4)18-17(13-19-8-2)15(5)12-16(6)20-18/h12,14,19H,7-11,13H2,1-6H3. The molecule has 0 unspecified atom stereocenters. The van der Waals surface area contributed by atoms with Crippen molar-refractivity contribution in [1.82, 2.24) is 10.3 Å². The number of pyridine rings is 1. The Bertz CT molecular complexity index is 427. The summed E-state index contributed by atoms with van der Waals surface area (Å²) in [6.07, 6.45) is 3.79. The molecule has 1 aromatic rings. The zero-order chi connectivity index (χ0) is 15.8. The quantitative estimate of drug-likeness (QED) is 0.691. The van der Waals surface area contributed by atoms with Gasteiger partial charge in [-0.3, -0.25) is 0 Å². The summed E-state index contributed by atoms with van der Waals surface area (Å²) in [5.74, 6) is 1.18. The van der Waals surface area contributed by atoms with Gasteiger partial charge in [0.2, 0.25) is 0 Å². The van der Waals surface area contributed by atoms with Crippen molar-refractivity contribution in [2.45, 2.75) is 73.4 Å². The first-order chi connectivity index (χ1) is 10.0. The van der Waals surface area contributed by atoms with Crippen LogP contribution in [0.3, 0.4) is 0 Å². The first-order valence-electron chi connectivity index (χ1n) is 8.45. The minimum absolute atomic E-state index is 0.482. The van der Waals surface area contributed by atoms with Crippen LogP contribution in [0.15, 0.2) is 6.07 Å². The van der Waals surface area contributed by atoms with Gasteiger partial charge >= 0.3 is 0 Å². The Balaban J connectivity index is 3.08. The molecule has 0 aromatic carbocycles. The number of unbranched alkanes of at least 4 members (excludes halogenated alkanes) is 2. The maximum absolute atomic E-state index is 4.87. The van der Waals surface area contributed by atoms with Crippen molar-refractivity contribution in [3.05, 3.63) is 22.9 Å². The van der Waals surface area contributed by atoms with E-state index < -0.39 is 0 Å². The number of rotatable bonds is 9. The van der Waals surface area contributed by atoms with Gasteiger partial charge in [0, 0.05) is 30.4 Å². The van der Waals surface area contributed by atoms with E-state index in [1.165, 1.54) is 36.2 Å². The normalized spacial score (nSPS) is 11.2. The van der Waals surface area contributed by atoms with Crippen LogP contribution in [0, 0.1) is 13.8 Å². The fourth-order valence-electron chi connectivity index (χ4n) is 2.69. The number of nitrogens with one attached hydrogen (secondary N) is 1. The highest BCUT2D eigenvalue weighted by molar-refractivity contribution is 5.52. The summed E-state index contributed by atoms with van der Waals surface area (Å²) in [5, 5.41) is 3.46. The smallest absolute Gasteiger partial charge is 0.133 e. The van der Waals surface area contributed by atoms with Crippen molar-refractivity contribution in [3.63, 3.8) is 0 Å². The number of hydrogen-bond donors (Lipinski definition) is 1. The highest BCUT2D eigenvalue weighted by Crippen LogP contribution is 2.25. The van der Waals surface area contributed by atoms with Crippen LogP contribution in [0.4, 0.5) is 5.82 Å². The van der Waals surface area contributed by atoms with Gasteiger partial charge in [-0.1, -0.05) is 26.7 Å². The second kappa shape index (κ2) is 9.04. The van der Waals surface area contributed by atoms with Gasteiger partial charge in [-0.2, -0.15) is 0 Å². The predicted octanol–water partition coefficient (Wildman–Crippen LogP) is 4.21. The molecule has 21 heavy (non-hydrogen) atoms. The topological polar surface area (TPSA) is 28.2 Å². The monoisotopic (exact) mass is 291 g/mol. The maximum atomic E-state index is 4.87. The number of hydrogen-bond acceptors (Lipinski definition) is 3. The van der Waals surface area contributed by atoms with Crippen molar-refractivity contribution in [2.75, 3.05) is 18.0 Å². The van der Waals surface area contributed by atoms with E-state index >= 15 is 0 Å². The van der Waals surface area contributed by atoms with Crippen LogP contribution in [0.1, 0.15) is 63.8 Å². The van der Waals surface area contributed by atoms with Crippen LogP contribution in [-0.4, -0.2) is 24.1 Å². The Hall–Kier alpha value is -1.09. The van der Waals surface area contributed by atoms with Crippen LogP contribution < -0.4 is 10.2 Å². The van der Waals surface area contributed by atoms with Gasteiger partial charge in [0.25, 0.3) is 0 Å². The summed E-state index contributed by atoms with van der Waals surface area (Å²) < 4.78 is 0. The van der Waals surface area contributed by atoms with Crippen LogP contribution in [0.25, 0.3) is 0 Å². The third-order valence-corrected chi connectivity index (χ3v) is 3.90. The molecule has 120 valence electrons. The predicted molar refractivity (Wildman–Crippen MR) is 93.1 cm³/mol. The third-order valence-electron chi connectivity index (χ3n) is 3.90. The Morgan fingerprint density at radius 3 is 2.48 bits per heavy atom. The number of nitrogens with zero attached hydrogens (tertiary/aromatic N) is 2. The van der Waals surface area contributed by atoms with Crippen LogP contribution >= 0.6 is 0 Å². The van der Waals surface area contributed by atoms with E-state index in [9.17, 15) is 0 Å². The zero-order valence-electron chi connectivity index (χ0n) is 14.8. The summed E-state index contributed by atoms with van der Waals surface area (Å²) >= 11 is 0. The Morgan fingerprint density at radius 2 is 1.90 bits per heavy atom. The molecular weight excluding hydrogens is 258 g/mol. The molecule has 3 nitrogen and oxygen atoms in total. The summed E-state index contributed by atoms with van der Waals surface area (Å²) in [6, 6.07) is 2.68. The lowest BCUT2D eigenvalue weighted by molar-refractivity contribution is 0.612. The molecule has 1 N–H and O–H groups in total. The minimum atomic E-state index is 0.482. The highest BCUT2D eigenvalue weighted by Gasteiger charge is 2.17. The molecule has 0 atom stereocenters. The molecule has 0 spiro atoms. The molecule has 0 radical (unpaired) electrons. The van der Waals surface area contributed by atoms with Gasteiger partial charge in [-0.15, -0.1) is 0 Å². The highest BCUT2D eigenvalue weighted by atomic mass is 15.2. The first-order valence-corrected chi connectivity index (χ1v) is 8.45. The largest absolute Gasteiger partial charge is 0.354 e. The van der Waals surface area contributed by atoms with Crippen LogP contribution in [-0.2, 0) is 6.54 Å². The molecule has 1 aromatic heterocycles. The summed E-state index contributed by atoms with van der Waals surface area (Å²) in [6.45, 7) is 16.2. The Morgan fingerprint density at radius 1 is 1.19 bits per heavy atom. The van der Waals surface area contributed by atoms with Gasteiger partial charge in [0.1, 0.15) is 5.82 Å². The van der Waals surface area contributed by atoms with Gasteiger partial charge in [0.15, 0.2) is 0 Å². The van der Waals surface area contributed by atoms with Gasteiger partial charge in [0.05, 0.1) is 0 Å². The molecule has 3 heteroatoms. The second-order valence-corrected chi connectivity index (χ2v) is 6.16. The summed E-state index contributed by atoms with van der Waals surface area (Å²) in [7, 11) is 0. The van der Waals surface area contributed by atoms with E-state index in [1.807, 2.05) is 0 Å². The molecular formula is C18H33N3. The number of aromatic nitrogens is 1. The molecule has 0 saturated heterocycles. The van der Waals surface area contributed by atoms with Crippen molar-refractivity contribution >= 4 is 5.82 Å². The third kappa shape index (κ3) is 5.31. The summed E-state index contributed by atoms with van der Waals surface area (Å²) in [4.78, 5) is 7.35. The Kier molecular flexibility index (Phi) is 7.73. The maximum Gasteiger partial charge on any atom is 0.133 e. The minimum Gasteiger partial charge on any atom is -0.354 e. The average molecular weight is 291 g/mol. The molecule has 0 saturated carbocycles. The molecule has 0 fully saturated rings. The first kappa shape index (κ1) is 18.0. The lowest BCUT2D eigenvalue weighted by Gasteiger charge is -2.31. The van der Waals surface area contributed by atoms with Crippen LogP contribution in [0.5, 0.6) is 0 Å². The van der Waals surface area contributed by atoms with Gasteiger partial charge < -0.3 is 10.2 Å². The number of aryl methyl sites for hydroxylation is 2. The molecule has 0 aliphatic carbocycles. The second-order valence-electron chi connectivity index (χ2n) is 6.16. The van der Waals surface area contributed by atoms with Crippen molar-refractivity contribution in [3.8, 4) is 0 Å². The molecule has 0 aliphatic rings. The van der Waals surface area contributed by atoms with Gasteiger partial charge in [-0.25, -0.2) is 4.98 Å². The lowest BCUT2D eigenvalue weighted by Crippen LogP contribution is -2.34. The van der Waals surface area contributed by atoms with E-state index in [0.717, 1.165) is 25.3 Å². The van der Waals surface area contributed by atoms with Crippen molar-refractivity contribution in [1.29, 1.82) is 0 Å².